The second-order valence-corrected chi connectivity index (χ2v) is 3.40. The molecule has 1 rings (SSSR count). The molecule has 0 aliphatic carbocycles. The second-order valence-electron chi connectivity index (χ2n) is 3.00. The Labute approximate surface area is 83.3 Å². The summed E-state index contributed by atoms with van der Waals surface area (Å²) in [4.78, 5) is 10.8. The van der Waals surface area contributed by atoms with Crippen molar-refractivity contribution in [2.75, 3.05) is 0 Å². The average Bonchev–Trinajstić information content (AvgIpc) is 2.04. The highest BCUT2D eigenvalue weighted by Crippen LogP contribution is 2.14. The van der Waals surface area contributed by atoms with Crippen LogP contribution in [0.4, 0.5) is 0 Å². The molecule has 2 nitrogen and oxygen atoms in total. The Kier molecular flexibility index (Phi) is 3.37. The van der Waals surface area contributed by atoms with Crippen molar-refractivity contribution in [1.82, 2.24) is 0 Å². The number of carbonyl (C=O) groups excluding carboxylic acids is 1. The van der Waals surface area contributed by atoms with E-state index in [0.717, 1.165) is 5.75 Å². The van der Waals surface area contributed by atoms with Gasteiger partial charge < -0.3 is 4.74 Å². The van der Waals surface area contributed by atoms with E-state index in [1.165, 1.54) is 0 Å². The van der Waals surface area contributed by atoms with Gasteiger partial charge in [-0.2, -0.15) is 0 Å². The number of rotatable bonds is 3. The van der Waals surface area contributed by atoms with Crippen molar-refractivity contribution in [2.45, 2.75) is 20.0 Å². The summed E-state index contributed by atoms with van der Waals surface area (Å²) in [5.74, 6) is 0.772. The maximum atomic E-state index is 10.8. The van der Waals surface area contributed by atoms with Crippen molar-refractivity contribution in [3.05, 3.63) is 29.8 Å². The van der Waals surface area contributed by atoms with Crippen LogP contribution in [-0.4, -0.2) is 11.2 Å². The molecule has 0 aliphatic rings. The Morgan fingerprint density at radius 3 is 2.23 bits per heavy atom. The van der Waals surface area contributed by atoms with E-state index in [4.69, 9.17) is 4.74 Å². The minimum absolute atomic E-state index is 0.151. The minimum Gasteiger partial charge on any atom is -0.491 e. The van der Waals surface area contributed by atoms with Crippen LogP contribution in [0.1, 0.15) is 24.2 Å². The van der Waals surface area contributed by atoms with E-state index in [0.29, 0.717) is 5.56 Å². The van der Waals surface area contributed by atoms with Crippen LogP contribution in [0.15, 0.2) is 24.3 Å². The van der Waals surface area contributed by atoms with Crippen LogP contribution in [-0.2, 0) is 0 Å². The quantitative estimate of drug-likeness (QED) is 0.752. The zero-order chi connectivity index (χ0) is 9.84. The maximum absolute atomic E-state index is 10.8. The number of thiol groups is 1. The maximum Gasteiger partial charge on any atom is 0.216 e. The van der Waals surface area contributed by atoms with Gasteiger partial charge in [-0.3, -0.25) is 4.79 Å². The Hall–Kier alpha value is -0.960. The van der Waals surface area contributed by atoms with E-state index >= 15 is 0 Å². The van der Waals surface area contributed by atoms with Crippen LogP contribution < -0.4 is 4.74 Å². The molecule has 0 fully saturated rings. The van der Waals surface area contributed by atoms with Crippen LogP contribution >= 0.6 is 12.6 Å². The molecule has 70 valence electrons. The zero-order valence-electron chi connectivity index (χ0n) is 7.65. The number of benzene rings is 1. The molecule has 0 N–H and O–H groups in total. The van der Waals surface area contributed by atoms with E-state index in [-0.39, 0.29) is 11.2 Å². The van der Waals surface area contributed by atoms with Gasteiger partial charge in [0.05, 0.1) is 6.10 Å². The normalized spacial score (nSPS) is 10.2. The summed E-state index contributed by atoms with van der Waals surface area (Å²) < 4.78 is 5.41. The first-order valence-electron chi connectivity index (χ1n) is 4.09. The molecule has 1 aromatic rings. The fraction of sp³-hybridized carbons (Fsp3) is 0.300. The first kappa shape index (κ1) is 10.1. The summed E-state index contributed by atoms with van der Waals surface area (Å²) in [6.07, 6.45) is 0.151. The van der Waals surface area contributed by atoms with Gasteiger partial charge in [0.1, 0.15) is 5.75 Å². The highest BCUT2D eigenvalue weighted by atomic mass is 32.1. The van der Waals surface area contributed by atoms with E-state index in [1.54, 1.807) is 24.3 Å². The SMILES string of the molecule is CC(C)Oc1ccc(C(=O)S)cc1. The number of hydrogen-bond acceptors (Lipinski definition) is 2. The predicted molar refractivity (Wildman–Crippen MR) is 55.5 cm³/mol. The van der Waals surface area contributed by atoms with Gasteiger partial charge in [-0.05, 0) is 38.1 Å². The highest BCUT2D eigenvalue weighted by molar-refractivity contribution is 7.97. The van der Waals surface area contributed by atoms with Gasteiger partial charge in [0, 0.05) is 5.56 Å². The molecule has 0 aliphatic heterocycles. The molecule has 1 aromatic carbocycles. The number of hydrogen-bond donors (Lipinski definition) is 1. The van der Waals surface area contributed by atoms with Crippen LogP contribution in [0.25, 0.3) is 0 Å². The lowest BCUT2D eigenvalue weighted by Gasteiger charge is -2.09. The van der Waals surface area contributed by atoms with Gasteiger partial charge in [0.15, 0.2) is 0 Å². The molecule has 0 amide bonds. The summed E-state index contributed by atoms with van der Waals surface area (Å²) >= 11 is 3.71. The van der Waals surface area contributed by atoms with Crippen molar-refractivity contribution in [1.29, 1.82) is 0 Å². The second kappa shape index (κ2) is 4.33. The summed E-state index contributed by atoms with van der Waals surface area (Å²) in [7, 11) is 0. The van der Waals surface area contributed by atoms with Gasteiger partial charge in [0.25, 0.3) is 0 Å². The van der Waals surface area contributed by atoms with E-state index < -0.39 is 0 Å². The smallest absolute Gasteiger partial charge is 0.216 e. The third-order valence-electron chi connectivity index (χ3n) is 1.47. The van der Waals surface area contributed by atoms with Crippen molar-refractivity contribution in [3.8, 4) is 5.75 Å². The molecule has 0 bridgehead atoms. The molecule has 0 aromatic heterocycles. The molecule has 0 unspecified atom stereocenters. The van der Waals surface area contributed by atoms with Gasteiger partial charge >= 0.3 is 0 Å². The largest absolute Gasteiger partial charge is 0.491 e. The highest BCUT2D eigenvalue weighted by Gasteiger charge is 2.00. The summed E-state index contributed by atoms with van der Waals surface area (Å²) in [6.45, 7) is 3.91. The fourth-order valence-corrected chi connectivity index (χ4v) is 1.10. The first-order chi connectivity index (χ1) is 6.09. The van der Waals surface area contributed by atoms with E-state index in [1.807, 2.05) is 13.8 Å². The van der Waals surface area contributed by atoms with Gasteiger partial charge in [0.2, 0.25) is 5.12 Å². The molecule has 3 heteroatoms. The Balaban J connectivity index is 2.75. The summed E-state index contributed by atoms with van der Waals surface area (Å²) in [6, 6.07) is 6.94. The number of carbonyl (C=O) groups is 1. The van der Waals surface area contributed by atoms with Crippen LogP contribution in [0.3, 0.4) is 0 Å². The third-order valence-corrected chi connectivity index (χ3v) is 1.73. The Morgan fingerprint density at radius 1 is 1.31 bits per heavy atom. The standard InChI is InChI=1S/C10H12O2S/c1-7(2)12-9-5-3-8(4-6-9)10(11)13/h3-7H,1-2H3,(H,11,13). The third kappa shape index (κ3) is 3.11. The Bertz CT molecular complexity index is 290. The molecular weight excluding hydrogens is 184 g/mol. The monoisotopic (exact) mass is 196 g/mol. The van der Waals surface area contributed by atoms with Crippen molar-refractivity contribution >= 4 is 17.7 Å². The number of ether oxygens (including phenoxy) is 1. The molecule has 0 saturated heterocycles. The fourth-order valence-electron chi connectivity index (χ4n) is 0.948. The average molecular weight is 196 g/mol. The van der Waals surface area contributed by atoms with Crippen LogP contribution in [0.2, 0.25) is 0 Å². The summed E-state index contributed by atoms with van der Waals surface area (Å²) in [5.41, 5.74) is 0.583. The molecule has 13 heavy (non-hydrogen) atoms. The van der Waals surface area contributed by atoms with Crippen molar-refractivity contribution in [2.24, 2.45) is 0 Å². The first-order valence-corrected chi connectivity index (χ1v) is 4.54. The predicted octanol–water partition coefficient (Wildman–Crippen LogP) is 2.54. The molecular formula is C10H12O2S. The zero-order valence-corrected chi connectivity index (χ0v) is 8.54. The molecule has 0 atom stereocenters. The van der Waals surface area contributed by atoms with Gasteiger partial charge in [-0.1, -0.05) is 0 Å². The lowest BCUT2D eigenvalue weighted by molar-refractivity contribution is 0.109. The van der Waals surface area contributed by atoms with Gasteiger partial charge in [-0.15, -0.1) is 12.6 Å². The van der Waals surface area contributed by atoms with Crippen LogP contribution in [0.5, 0.6) is 5.75 Å². The lowest BCUT2D eigenvalue weighted by Crippen LogP contribution is -2.05. The van der Waals surface area contributed by atoms with Gasteiger partial charge in [-0.25, -0.2) is 0 Å². The molecule has 0 spiro atoms. The van der Waals surface area contributed by atoms with E-state index in [9.17, 15) is 4.79 Å². The molecule has 0 saturated carbocycles. The van der Waals surface area contributed by atoms with E-state index in [2.05, 4.69) is 12.6 Å². The molecule has 0 heterocycles. The minimum atomic E-state index is -0.226. The van der Waals surface area contributed by atoms with Crippen LogP contribution in [0, 0.1) is 0 Å². The van der Waals surface area contributed by atoms with Crippen molar-refractivity contribution < 1.29 is 9.53 Å². The summed E-state index contributed by atoms with van der Waals surface area (Å²) in [5, 5.41) is -0.226. The van der Waals surface area contributed by atoms with Crippen molar-refractivity contribution in [3.63, 3.8) is 0 Å². The Morgan fingerprint density at radius 2 is 1.85 bits per heavy atom. The lowest BCUT2D eigenvalue weighted by atomic mass is 10.2. The topological polar surface area (TPSA) is 26.3 Å². The molecule has 0 radical (unpaired) electrons.